The quantitative estimate of drug-likeness (QED) is 0.0942. The van der Waals surface area contributed by atoms with Crippen molar-refractivity contribution in [1.82, 2.24) is 0 Å². The SMILES string of the molecule is CO[C@@H]1[C@@H](OC(N)=O)[C@@H](O)[C@H](Oc2ccc3c(OCc4ccccc4)c(CC(=O)c4ccc(O)c(CC=C(C)C)c4)c(=O)oc3c2C)OC1(C)C. The number of ketones is 1. The molecule has 1 aliphatic rings. The number of carbonyl (C=O) groups is 2. The summed E-state index contributed by atoms with van der Waals surface area (Å²) in [5, 5.41) is 21.9. The van der Waals surface area contributed by atoms with Gasteiger partial charge in [0.2, 0.25) is 6.29 Å². The summed E-state index contributed by atoms with van der Waals surface area (Å²) in [7, 11) is 1.39. The lowest BCUT2D eigenvalue weighted by atomic mass is 9.89. The number of benzene rings is 3. The normalized spacial score (nSPS) is 19.7. The summed E-state index contributed by atoms with van der Waals surface area (Å²) in [6.45, 7) is 9.03. The predicted octanol–water partition coefficient (Wildman–Crippen LogP) is 5.67. The van der Waals surface area contributed by atoms with Crippen molar-refractivity contribution in [2.45, 2.75) is 84.3 Å². The lowest BCUT2D eigenvalue weighted by molar-refractivity contribution is -0.304. The summed E-state index contributed by atoms with van der Waals surface area (Å²) < 4.78 is 35.0. The van der Waals surface area contributed by atoms with Crippen LogP contribution in [0.25, 0.3) is 11.0 Å². The number of aromatic hydroxyl groups is 1. The van der Waals surface area contributed by atoms with Gasteiger partial charge in [0, 0.05) is 24.7 Å². The van der Waals surface area contributed by atoms with Crippen LogP contribution in [0.1, 0.15) is 60.3 Å². The summed E-state index contributed by atoms with van der Waals surface area (Å²) in [5.41, 5.74) is 6.76. The zero-order valence-electron chi connectivity index (χ0n) is 29.4. The number of fused-ring (bicyclic) bond motifs is 1. The zero-order valence-corrected chi connectivity index (χ0v) is 29.4. The first-order chi connectivity index (χ1) is 24.2. The van der Waals surface area contributed by atoms with Gasteiger partial charge in [0.05, 0.1) is 16.6 Å². The number of phenolic OH excluding ortho intramolecular Hbond substituents is 1. The maximum absolute atomic E-state index is 13.7. The number of nitrogens with two attached hydrogens (primary N) is 1. The number of carbonyl (C=O) groups excluding carboxylic acids is 2. The molecule has 0 aliphatic carbocycles. The molecule has 0 bridgehead atoms. The molecule has 12 nitrogen and oxygen atoms in total. The highest BCUT2D eigenvalue weighted by Crippen LogP contribution is 2.38. The first-order valence-corrected chi connectivity index (χ1v) is 16.5. The van der Waals surface area contributed by atoms with Gasteiger partial charge in [-0.05, 0) is 82.5 Å². The molecule has 0 radical (unpaired) electrons. The first-order valence-electron chi connectivity index (χ1n) is 16.5. The molecule has 1 fully saturated rings. The molecular formula is C39H43NO11. The van der Waals surface area contributed by atoms with Crippen LogP contribution >= 0.6 is 0 Å². The minimum absolute atomic E-state index is 0.0280. The number of Topliss-reactive ketones (excluding diaryl/α,β-unsaturated/α-hetero) is 1. The summed E-state index contributed by atoms with van der Waals surface area (Å²) in [6.07, 6.45) is -3.97. The molecule has 4 aromatic rings. The topological polar surface area (TPSA) is 177 Å². The Morgan fingerprint density at radius 1 is 1.06 bits per heavy atom. The molecule has 1 aromatic heterocycles. The van der Waals surface area contributed by atoms with Crippen molar-refractivity contribution in [3.05, 3.63) is 111 Å². The van der Waals surface area contributed by atoms with Crippen LogP contribution in [0.2, 0.25) is 0 Å². The number of aliphatic hydroxyl groups excluding tert-OH is 1. The number of aliphatic hydroxyl groups is 1. The van der Waals surface area contributed by atoms with E-state index in [2.05, 4.69) is 0 Å². The van der Waals surface area contributed by atoms with Crippen LogP contribution in [0.3, 0.4) is 0 Å². The van der Waals surface area contributed by atoms with E-state index in [0.29, 0.717) is 28.5 Å². The van der Waals surface area contributed by atoms with E-state index in [1.54, 1.807) is 39.0 Å². The monoisotopic (exact) mass is 701 g/mol. The number of phenols is 1. The van der Waals surface area contributed by atoms with Crippen molar-refractivity contribution in [3.63, 3.8) is 0 Å². The second kappa shape index (κ2) is 15.4. The standard InChI is InChI=1S/C39H43NO11/c1-21(2)12-13-24-18-25(14-16-28(24)41)29(42)19-27-33(47-20-23-10-8-7-9-11-23)26-15-17-30(22(3)32(26)49-36(27)44)48-37-31(43)34(50-38(40)45)35(46-6)39(4,5)51-37/h7-12,14-18,31,34-35,37,41,43H,13,19-20H2,1-6H3,(H2,40,45)/t31-,34+,35-,37-/m1/s1. The third kappa shape index (κ3) is 8.25. The highest BCUT2D eigenvalue weighted by Gasteiger charge is 2.53. The van der Waals surface area contributed by atoms with Crippen molar-refractivity contribution in [1.29, 1.82) is 0 Å². The molecule has 1 amide bonds. The lowest BCUT2D eigenvalue weighted by Crippen LogP contribution is -2.65. The molecule has 0 unspecified atom stereocenters. The molecule has 2 heterocycles. The Hall–Kier alpha value is -5.17. The Morgan fingerprint density at radius 3 is 2.45 bits per heavy atom. The van der Waals surface area contributed by atoms with Gasteiger partial charge >= 0.3 is 11.7 Å². The maximum Gasteiger partial charge on any atom is 0.404 e. The highest BCUT2D eigenvalue weighted by molar-refractivity contribution is 5.99. The van der Waals surface area contributed by atoms with Gasteiger partial charge in [0.1, 0.15) is 35.5 Å². The number of rotatable bonds is 12. The van der Waals surface area contributed by atoms with E-state index in [1.165, 1.54) is 19.2 Å². The number of aryl methyl sites for hydroxylation is 1. The van der Waals surface area contributed by atoms with Gasteiger partial charge in [0.15, 0.2) is 18.0 Å². The van der Waals surface area contributed by atoms with Gasteiger partial charge < -0.3 is 44.0 Å². The lowest BCUT2D eigenvalue weighted by Gasteiger charge is -2.47. The van der Waals surface area contributed by atoms with Crippen molar-refractivity contribution < 1.29 is 47.9 Å². The highest BCUT2D eigenvalue weighted by atomic mass is 16.7. The Labute approximate surface area is 295 Å². The van der Waals surface area contributed by atoms with E-state index in [1.807, 2.05) is 50.3 Å². The minimum Gasteiger partial charge on any atom is -0.508 e. The van der Waals surface area contributed by atoms with Crippen molar-refractivity contribution in [2.75, 3.05) is 7.11 Å². The summed E-state index contributed by atoms with van der Waals surface area (Å²) in [4.78, 5) is 39.0. The van der Waals surface area contributed by atoms with Crippen LogP contribution in [-0.4, -0.2) is 59.4 Å². The van der Waals surface area contributed by atoms with Gasteiger partial charge in [0.25, 0.3) is 0 Å². The molecule has 12 heteroatoms. The average molecular weight is 702 g/mol. The molecule has 270 valence electrons. The van der Waals surface area contributed by atoms with Gasteiger partial charge in [-0.2, -0.15) is 0 Å². The van der Waals surface area contributed by atoms with Crippen LogP contribution in [0.15, 0.2) is 81.5 Å². The molecule has 0 saturated carbocycles. The summed E-state index contributed by atoms with van der Waals surface area (Å²) in [5.74, 6) is 0.0721. The molecule has 3 aromatic carbocycles. The van der Waals surface area contributed by atoms with E-state index in [4.69, 9.17) is 33.8 Å². The molecule has 51 heavy (non-hydrogen) atoms. The Morgan fingerprint density at radius 2 is 1.78 bits per heavy atom. The van der Waals surface area contributed by atoms with E-state index < -0.39 is 41.9 Å². The third-order valence-electron chi connectivity index (χ3n) is 8.78. The van der Waals surface area contributed by atoms with Crippen LogP contribution in [-0.2, 0) is 33.7 Å². The van der Waals surface area contributed by atoms with Crippen LogP contribution in [0.4, 0.5) is 4.79 Å². The molecule has 4 atom stereocenters. The summed E-state index contributed by atoms with van der Waals surface area (Å²) >= 11 is 0. The van der Waals surface area contributed by atoms with E-state index >= 15 is 0 Å². The van der Waals surface area contributed by atoms with Gasteiger partial charge in [-0.15, -0.1) is 0 Å². The molecule has 5 rings (SSSR count). The van der Waals surface area contributed by atoms with Crippen LogP contribution < -0.4 is 20.8 Å². The van der Waals surface area contributed by atoms with Crippen molar-refractivity contribution in [3.8, 4) is 17.2 Å². The van der Waals surface area contributed by atoms with Gasteiger partial charge in [-0.1, -0.05) is 42.0 Å². The number of amides is 1. The smallest absolute Gasteiger partial charge is 0.404 e. The first kappa shape index (κ1) is 37.1. The van der Waals surface area contributed by atoms with E-state index in [9.17, 15) is 24.6 Å². The van der Waals surface area contributed by atoms with Crippen LogP contribution in [0, 0.1) is 6.92 Å². The minimum atomic E-state index is -1.50. The molecule has 1 saturated heterocycles. The van der Waals surface area contributed by atoms with Crippen molar-refractivity contribution in [2.24, 2.45) is 5.73 Å². The summed E-state index contributed by atoms with van der Waals surface area (Å²) in [6, 6.07) is 17.2. The molecule has 1 aliphatic heterocycles. The van der Waals surface area contributed by atoms with E-state index in [0.717, 1.165) is 11.1 Å². The molecule has 0 spiro atoms. The number of primary amides is 1. The second-order valence-corrected chi connectivity index (χ2v) is 13.2. The Balaban J connectivity index is 1.53. The number of hydrogen-bond acceptors (Lipinski definition) is 11. The van der Waals surface area contributed by atoms with E-state index in [-0.39, 0.29) is 47.2 Å². The fraction of sp³-hybridized carbons (Fsp3) is 0.359. The Bertz CT molecular complexity index is 2000. The fourth-order valence-corrected chi connectivity index (χ4v) is 6.14. The maximum atomic E-state index is 13.7. The third-order valence-corrected chi connectivity index (χ3v) is 8.78. The largest absolute Gasteiger partial charge is 0.508 e. The average Bonchev–Trinajstić information content (AvgIpc) is 3.08. The van der Waals surface area contributed by atoms with Gasteiger partial charge in [-0.25, -0.2) is 9.59 Å². The fourth-order valence-electron chi connectivity index (χ4n) is 6.14. The number of allylic oxidation sites excluding steroid dienone is 2. The molecular weight excluding hydrogens is 658 g/mol. The Kier molecular flexibility index (Phi) is 11.2. The number of hydrogen-bond donors (Lipinski definition) is 3. The predicted molar refractivity (Wildman–Crippen MR) is 188 cm³/mol. The van der Waals surface area contributed by atoms with Gasteiger partial charge in [-0.3, -0.25) is 4.79 Å². The molecule has 4 N–H and O–H groups in total. The van der Waals surface area contributed by atoms with Crippen LogP contribution in [0.5, 0.6) is 17.2 Å². The number of methoxy groups -OCH3 is 1. The number of ether oxygens (including phenoxy) is 5. The zero-order chi connectivity index (χ0) is 37.0. The second-order valence-electron chi connectivity index (χ2n) is 13.2. The van der Waals surface area contributed by atoms with Crippen molar-refractivity contribution >= 4 is 22.8 Å².